The van der Waals surface area contributed by atoms with Crippen LogP contribution in [0.25, 0.3) is 0 Å². The number of likely N-dealkylation sites (tertiary alicyclic amines) is 1. The number of carbonyl (C=O) groups excluding carboxylic acids is 2. The minimum atomic E-state index is -0.753. The molecule has 2 saturated carbocycles. The van der Waals surface area contributed by atoms with Crippen LogP contribution < -0.4 is 0 Å². The number of rotatable bonds is 0. The summed E-state index contributed by atoms with van der Waals surface area (Å²) in [5.74, 6) is -0.969. The maximum Gasteiger partial charge on any atom is 0.421 e. The van der Waals surface area contributed by atoms with Gasteiger partial charge in [0.05, 0.1) is 18.6 Å². The van der Waals surface area contributed by atoms with Crippen molar-refractivity contribution in [2.75, 3.05) is 13.2 Å². The lowest BCUT2D eigenvalue weighted by Crippen LogP contribution is -2.68. The molecule has 2 aliphatic carbocycles. The maximum absolute atomic E-state index is 13.7. The molecule has 6 heteroatoms. The first-order chi connectivity index (χ1) is 12.5. The summed E-state index contributed by atoms with van der Waals surface area (Å²) in [6, 6.07) is 0. The van der Waals surface area contributed by atoms with Crippen molar-refractivity contribution in [3.05, 3.63) is 12.3 Å². The average Bonchev–Trinajstić information content (AvgIpc) is 3.16. The Morgan fingerprint density at radius 1 is 1.22 bits per heavy atom. The molecule has 0 N–H and O–H groups in total. The molecule has 27 heavy (non-hydrogen) atoms. The molecule has 2 saturated heterocycles. The fraction of sp³-hybridized carbons (Fsp3) is 0.810. The minimum absolute atomic E-state index is 0.115. The topological polar surface area (TPSA) is 65.1 Å². The molecule has 4 aliphatic rings. The molecule has 0 aromatic heterocycles. The van der Waals surface area contributed by atoms with Crippen LogP contribution in [-0.2, 0) is 19.0 Å². The van der Waals surface area contributed by atoms with Crippen LogP contribution in [0, 0.1) is 22.7 Å². The Bertz CT molecular complexity index is 704. The van der Waals surface area contributed by atoms with Gasteiger partial charge in [0.25, 0.3) is 0 Å². The Morgan fingerprint density at radius 2 is 1.85 bits per heavy atom. The van der Waals surface area contributed by atoms with Gasteiger partial charge in [-0.3, -0.25) is 4.79 Å². The van der Waals surface area contributed by atoms with Gasteiger partial charge >= 0.3 is 6.09 Å². The van der Waals surface area contributed by atoms with Crippen molar-refractivity contribution in [1.82, 2.24) is 4.90 Å². The number of hydrogen-bond donors (Lipinski definition) is 0. The second kappa shape index (κ2) is 5.57. The highest BCUT2D eigenvalue weighted by molar-refractivity contribution is 5.99. The highest BCUT2D eigenvalue weighted by Gasteiger charge is 2.75. The standard InChI is InChI=1S/C21H31NO5/c1-13-7-8-20-9-10-21(25-11-12-26-21)15(20)19(13,6)16(23)22(14(20)2)17(24)27-18(3,4)5/h13,15H,2,7-12H2,1,3-6H3/t13-,15?,19-,20+/m1/s1. The lowest BCUT2D eigenvalue weighted by molar-refractivity contribution is -0.246. The summed E-state index contributed by atoms with van der Waals surface area (Å²) in [4.78, 5) is 27.9. The number of amides is 2. The Labute approximate surface area is 161 Å². The Balaban J connectivity index is 1.82. The van der Waals surface area contributed by atoms with Crippen molar-refractivity contribution < 1.29 is 23.8 Å². The second-order valence-electron chi connectivity index (χ2n) is 9.89. The van der Waals surface area contributed by atoms with Crippen LogP contribution in [-0.4, -0.2) is 41.5 Å². The van der Waals surface area contributed by atoms with Crippen molar-refractivity contribution in [3.8, 4) is 0 Å². The predicted octanol–water partition coefficient (Wildman–Crippen LogP) is 3.85. The minimum Gasteiger partial charge on any atom is -0.443 e. The molecule has 2 amide bonds. The number of nitrogens with zero attached hydrogens (tertiary/aromatic N) is 1. The molecule has 150 valence electrons. The van der Waals surface area contributed by atoms with E-state index < -0.39 is 22.9 Å². The van der Waals surface area contributed by atoms with E-state index in [9.17, 15) is 9.59 Å². The van der Waals surface area contributed by atoms with Crippen LogP contribution in [0.15, 0.2) is 12.3 Å². The molecule has 2 aliphatic heterocycles. The SMILES string of the molecule is C=C1N(C(=O)OC(C)(C)C)C(=O)[C@@]2(C)C3C4(CC[C@@]13CC[C@H]2C)OCCO4. The van der Waals surface area contributed by atoms with Crippen molar-refractivity contribution in [1.29, 1.82) is 0 Å². The van der Waals surface area contributed by atoms with Gasteiger partial charge in [0.1, 0.15) is 5.60 Å². The second-order valence-corrected chi connectivity index (χ2v) is 9.89. The number of ether oxygens (including phenoxy) is 3. The smallest absolute Gasteiger partial charge is 0.421 e. The van der Waals surface area contributed by atoms with Gasteiger partial charge in [-0.1, -0.05) is 13.5 Å². The van der Waals surface area contributed by atoms with Gasteiger partial charge < -0.3 is 14.2 Å². The van der Waals surface area contributed by atoms with Crippen molar-refractivity contribution in [3.63, 3.8) is 0 Å². The van der Waals surface area contributed by atoms with Gasteiger partial charge in [-0.15, -0.1) is 0 Å². The third-order valence-electron chi connectivity index (χ3n) is 7.42. The molecular weight excluding hydrogens is 346 g/mol. The van der Waals surface area contributed by atoms with E-state index in [1.54, 1.807) is 20.8 Å². The number of piperidine rings is 1. The third kappa shape index (κ3) is 2.32. The fourth-order valence-corrected chi connectivity index (χ4v) is 6.12. The summed E-state index contributed by atoms with van der Waals surface area (Å²) in [6.45, 7) is 14.9. The van der Waals surface area contributed by atoms with Crippen molar-refractivity contribution in [2.45, 2.75) is 71.7 Å². The fourth-order valence-electron chi connectivity index (χ4n) is 6.12. The summed E-state index contributed by atoms with van der Waals surface area (Å²) in [5, 5.41) is 0. The Hall–Kier alpha value is -1.40. The van der Waals surface area contributed by atoms with E-state index in [-0.39, 0.29) is 23.2 Å². The van der Waals surface area contributed by atoms with Crippen LogP contribution in [0.3, 0.4) is 0 Å². The summed E-state index contributed by atoms with van der Waals surface area (Å²) in [6.07, 6.45) is 2.73. The van der Waals surface area contributed by atoms with Crippen molar-refractivity contribution in [2.24, 2.45) is 22.7 Å². The van der Waals surface area contributed by atoms with Crippen LogP contribution in [0.4, 0.5) is 4.79 Å². The summed E-state index contributed by atoms with van der Waals surface area (Å²) < 4.78 is 17.8. The first kappa shape index (κ1) is 18.9. The van der Waals surface area contributed by atoms with E-state index in [4.69, 9.17) is 14.2 Å². The average molecular weight is 377 g/mol. The molecule has 0 aromatic rings. The molecule has 0 radical (unpaired) electrons. The lowest BCUT2D eigenvalue weighted by atomic mass is 9.48. The molecule has 1 spiro atoms. The van der Waals surface area contributed by atoms with E-state index in [2.05, 4.69) is 13.5 Å². The van der Waals surface area contributed by atoms with Gasteiger partial charge in [0, 0.05) is 23.5 Å². The van der Waals surface area contributed by atoms with E-state index in [1.807, 2.05) is 6.92 Å². The first-order valence-electron chi connectivity index (χ1n) is 10.0. The molecule has 0 aromatic carbocycles. The van der Waals surface area contributed by atoms with Gasteiger partial charge in [-0.2, -0.15) is 0 Å². The van der Waals surface area contributed by atoms with Gasteiger partial charge in [0.2, 0.25) is 5.91 Å². The molecule has 6 nitrogen and oxygen atoms in total. The molecule has 4 rings (SSSR count). The number of hydrogen-bond acceptors (Lipinski definition) is 5. The number of imide groups is 1. The van der Waals surface area contributed by atoms with Crippen molar-refractivity contribution >= 4 is 12.0 Å². The zero-order chi connectivity index (χ0) is 19.8. The number of carbonyl (C=O) groups is 2. The number of allylic oxidation sites excluding steroid dienone is 1. The highest BCUT2D eigenvalue weighted by Crippen LogP contribution is 2.72. The monoisotopic (exact) mass is 377 g/mol. The van der Waals surface area contributed by atoms with E-state index in [0.717, 1.165) is 25.7 Å². The summed E-state index contributed by atoms with van der Waals surface area (Å²) >= 11 is 0. The van der Waals surface area contributed by atoms with Crippen LogP contribution in [0.5, 0.6) is 0 Å². The molecule has 2 heterocycles. The van der Waals surface area contributed by atoms with Crippen LogP contribution >= 0.6 is 0 Å². The van der Waals surface area contributed by atoms with Crippen LogP contribution in [0.2, 0.25) is 0 Å². The zero-order valence-electron chi connectivity index (χ0n) is 17.1. The van der Waals surface area contributed by atoms with E-state index in [0.29, 0.717) is 18.9 Å². The van der Waals surface area contributed by atoms with Crippen LogP contribution in [0.1, 0.15) is 60.3 Å². The molecule has 2 bridgehead atoms. The highest BCUT2D eigenvalue weighted by atomic mass is 16.7. The van der Waals surface area contributed by atoms with Gasteiger partial charge in [-0.05, 0) is 52.9 Å². The van der Waals surface area contributed by atoms with Gasteiger partial charge in [-0.25, -0.2) is 9.69 Å². The quantitative estimate of drug-likeness (QED) is 0.641. The molecular formula is C21H31NO5. The Kier molecular flexibility index (Phi) is 3.91. The van der Waals surface area contributed by atoms with E-state index in [1.165, 1.54) is 4.90 Å². The van der Waals surface area contributed by atoms with Gasteiger partial charge in [0.15, 0.2) is 5.79 Å². The molecule has 4 atom stereocenters. The maximum atomic E-state index is 13.7. The van der Waals surface area contributed by atoms with E-state index >= 15 is 0 Å². The summed E-state index contributed by atoms with van der Waals surface area (Å²) in [7, 11) is 0. The molecule has 4 fully saturated rings. The largest absolute Gasteiger partial charge is 0.443 e. The third-order valence-corrected chi connectivity index (χ3v) is 7.42. The first-order valence-corrected chi connectivity index (χ1v) is 10.0. The molecule has 1 unspecified atom stereocenters. The zero-order valence-corrected chi connectivity index (χ0v) is 17.1. The lowest BCUT2D eigenvalue weighted by Gasteiger charge is -2.61. The predicted molar refractivity (Wildman–Crippen MR) is 98.5 cm³/mol. The summed E-state index contributed by atoms with van der Waals surface area (Å²) in [5.41, 5.74) is -1.23. The normalized spacial score (nSPS) is 40.4. The Morgan fingerprint density at radius 3 is 2.44 bits per heavy atom.